The highest BCUT2D eigenvalue weighted by molar-refractivity contribution is 5.95. The van der Waals surface area contributed by atoms with E-state index in [4.69, 9.17) is 8.83 Å². The van der Waals surface area contributed by atoms with Gasteiger partial charge in [0.2, 0.25) is 11.8 Å². The molecule has 0 radical (unpaired) electrons. The summed E-state index contributed by atoms with van der Waals surface area (Å²) in [6.45, 7) is 4.39. The van der Waals surface area contributed by atoms with Crippen LogP contribution >= 0.6 is 0 Å². The highest BCUT2D eigenvalue weighted by Crippen LogP contribution is 2.27. The minimum Gasteiger partial charge on any atom is -0.459 e. The first-order valence-corrected chi connectivity index (χ1v) is 9.71. The fraction of sp³-hybridized carbons (Fsp3) is 0.381. The van der Waals surface area contributed by atoms with Crippen LogP contribution < -0.4 is 4.90 Å². The Balaban J connectivity index is 1.45. The van der Waals surface area contributed by atoms with Crippen LogP contribution in [-0.2, 0) is 17.8 Å². The zero-order chi connectivity index (χ0) is 19.3. The smallest absolute Gasteiger partial charge is 0.283 e. The Bertz CT molecular complexity index is 919. The minimum atomic E-state index is 0.103. The number of hydrogen-bond donors (Lipinski definition) is 0. The molecule has 0 saturated carbocycles. The molecule has 7 nitrogen and oxygen atoms in total. The fourth-order valence-corrected chi connectivity index (χ4v) is 3.61. The van der Waals surface area contributed by atoms with Crippen LogP contribution in [0, 0.1) is 0 Å². The van der Waals surface area contributed by atoms with Crippen molar-refractivity contribution in [3.63, 3.8) is 0 Å². The molecule has 1 aliphatic heterocycles. The molecular formula is C21H24N4O3. The maximum Gasteiger partial charge on any atom is 0.283 e. The van der Waals surface area contributed by atoms with Gasteiger partial charge in [0.05, 0.1) is 19.4 Å². The number of nitrogens with zero attached hydrogens (tertiary/aromatic N) is 4. The van der Waals surface area contributed by atoms with E-state index in [-0.39, 0.29) is 5.91 Å². The topological polar surface area (TPSA) is 75.6 Å². The van der Waals surface area contributed by atoms with Gasteiger partial charge in [0, 0.05) is 12.2 Å². The number of anilines is 1. The number of aromatic nitrogens is 2. The van der Waals surface area contributed by atoms with Crippen LogP contribution in [0.4, 0.5) is 5.69 Å². The molecule has 0 spiro atoms. The molecule has 0 atom stereocenters. The van der Waals surface area contributed by atoms with Crippen LogP contribution in [0.25, 0.3) is 11.7 Å². The number of hydrogen-bond acceptors (Lipinski definition) is 6. The van der Waals surface area contributed by atoms with Crippen LogP contribution in [0.2, 0.25) is 0 Å². The number of fused-ring (bicyclic) bond motifs is 1. The van der Waals surface area contributed by atoms with Gasteiger partial charge >= 0.3 is 0 Å². The molecule has 7 heteroatoms. The van der Waals surface area contributed by atoms with Gasteiger partial charge in [-0.05, 0) is 49.6 Å². The van der Waals surface area contributed by atoms with Crippen LogP contribution in [0.3, 0.4) is 0 Å². The van der Waals surface area contributed by atoms with Crippen LogP contribution in [0.1, 0.15) is 31.2 Å². The molecular weight excluding hydrogens is 356 g/mol. The monoisotopic (exact) mass is 380 g/mol. The molecule has 1 amide bonds. The molecule has 0 fully saturated rings. The standard InChI is InChI=1S/C21H24N4O3/c1-2-11-24(14-19-22-23-21(28-19)18-10-6-13-27-18)15-20(26)25-12-5-8-16-7-3-4-9-17(16)25/h3-4,6-7,9-10,13H,2,5,8,11-12,14-15H2,1H3. The number of furan rings is 1. The lowest BCUT2D eigenvalue weighted by Crippen LogP contribution is -2.42. The van der Waals surface area contributed by atoms with Crippen molar-refractivity contribution in [2.45, 2.75) is 32.7 Å². The van der Waals surface area contributed by atoms with Crippen LogP contribution in [0.5, 0.6) is 0 Å². The number of carbonyl (C=O) groups excluding carboxylic acids is 1. The molecule has 0 bridgehead atoms. The van der Waals surface area contributed by atoms with Gasteiger partial charge in [-0.15, -0.1) is 10.2 Å². The molecule has 0 N–H and O–H groups in total. The molecule has 0 aliphatic carbocycles. The van der Waals surface area contributed by atoms with Gasteiger partial charge in [0.1, 0.15) is 0 Å². The molecule has 2 aromatic heterocycles. The van der Waals surface area contributed by atoms with E-state index < -0.39 is 0 Å². The van der Waals surface area contributed by atoms with Crippen molar-refractivity contribution >= 4 is 11.6 Å². The third-order valence-electron chi connectivity index (χ3n) is 4.87. The zero-order valence-electron chi connectivity index (χ0n) is 16.0. The number of para-hydroxylation sites is 1. The summed E-state index contributed by atoms with van der Waals surface area (Å²) >= 11 is 0. The molecule has 1 aromatic carbocycles. The largest absolute Gasteiger partial charge is 0.459 e. The quantitative estimate of drug-likeness (QED) is 0.624. The molecule has 3 heterocycles. The lowest BCUT2D eigenvalue weighted by Gasteiger charge is -2.31. The average molecular weight is 380 g/mol. The second kappa shape index (κ2) is 8.39. The minimum absolute atomic E-state index is 0.103. The second-order valence-electron chi connectivity index (χ2n) is 6.97. The predicted octanol–water partition coefficient (Wildman–Crippen LogP) is 3.52. The van der Waals surface area contributed by atoms with Gasteiger partial charge in [0.15, 0.2) is 5.76 Å². The summed E-state index contributed by atoms with van der Waals surface area (Å²) in [5.41, 5.74) is 2.28. The van der Waals surface area contributed by atoms with Crippen LogP contribution in [-0.4, -0.2) is 40.6 Å². The number of aryl methyl sites for hydroxylation is 1. The third kappa shape index (κ3) is 3.99. The van der Waals surface area contributed by atoms with Crippen molar-refractivity contribution in [3.8, 4) is 11.7 Å². The summed E-state index contributed by atoms with van der Waals surface area (Å²) in [6, 6.07) is 11.7. The van der Waals surface area contributed by atoms with E-state index in [1.807, 2.05) is 23.1 Å². The van der Waals surface area contributed by atoms with Crippen molar-refractivity contribution < 1.29 is 13.6 Å². The van der Waals surface area contributed by atoms with E-state index in [1.165, 1.54) is 5.56 Å². The van der Waals surface area contributed by atoms with Crippen molar-refractivity contribution in [2.24, 2.45) is 0 Å². The first kappa shape index (κ1) is 18.4. The predicted molar refractivity (Wildman–Crippen MR) is 105 cm³/mol. The van der Waals surface area contributed by atoms with E-state index in [0.717, 1.165) is 38.0 Å². The zero-order valence-corrected chi connectivity index (χ0v) is 16.0. The lowest BCUT2D eigenvalue weighted by atomic mass is 10.0. The summed E-state index contributed by atoms with van der Waals surface area (Å²) in [6.07, 6.45) is 4.52. The molecule has 0 saturated heterocycles. The number of amides is 1. The van der Waals surface area contributed by atoms with E-state index >= 15 is 0 Å². The van der Waals surface area contributed by atoms with Gasteiger partial charge in [-0.25, -0.2) is 0 Å². The number of benzene rings is 1. The SMILES string of the molecule is CCCN(CC(=O)N1CCCc2ccccc21)Cc1nnc(-c2ccco2)o1. The van der Waals surface area contributed by atoms with E-state index in [0.29, 0.717) is 30.6 Å². The normalized spacial score (nSPS) is 13.7. The molecule has 3 aromatic rings. The Morgan fingerprint density at radius 2 is 2.11 bits per heavy atom. The highest BCUT2D eigenvalue weighted by atomic mass is 16.4. The van der Waals surface area contributed by atoms with E-state index in [1.54, 1.807) is 18.4 Å². The van der Waals surface area contributed by atoms with Gasteiger partial charge in [-0.2, -0.15) is 0 Å². The first-order chi connectivity index (χ1) is 13.7. The number of rotatable bonds is 7. The van der Waals surface area contributed by atoms with Crippen molar-refractivity contribution in [1.29, 1.82) is 0 Å². The van der Waals surface area contributed by atoms with Crippen molar-refractivity contribution in [1.82, 2.24) is 15.1 Å². The Morgan fingerprint density at radius 3 is 2.93 bits per heavy atom. The lowest BCUT2D eigenvalue weighted by molar-refractivity contribution is -0.120. The Labute approximate surface area is 164 Å². The van der Waals surface area contributed by atoms with Gasteiger partial charge in [-0.1, -0.05) is 25.1 Å². The molecule has 1 aliphatic rings. The first-order valence-electron chi connectivity index (χ1n) is 9.71. The molecule has 4 rings (SSSR count). The molecule has 146 valence electrons. The van der Waals surface area contributed by atoms with Gasteiger partial charge < -0.3 is 13.7 Å². The van der Waals surface area contributed by atoms with E-state index in [9.17, 15) is 4.79 Å². The summed E-state index contributed by atoms with van der Waals surface area (Å²) < 4.78 is 11.0. The Kier molecular flexibility index (Phi) is 5.53. The molecule has 28 heavy (non-hydrogen) atoms. The van der Waals surface area contributed by atoms with Gasteiger partial charge in [0.25, 0.3) is 5.89 Å². The average Bonchev–Trinajstić information content (AvgIpc) is 3.39. The third-order valence-corrected chi connectivity index (χ3v) is 4.87. The van der Waals surface area contributed by atoms with E-state index in [2.05, 4.69) is 28.1 Å². The Hall–Kier alpha value is -2.93. The summed E-state index contributed by atoms with van der Waals surface area (Å²) in [7, 11) is 0. The number of carbonyl (C=O) groups is 1. The highest BCUT2D eigenvalue weighted by Gasteiger charge is 2.24. The van der Waals surface area contributed by atoms with Crippen molar-refractivity contribution in [3.05, 3.63) is 54.1 Å². The van der Waals surface area contributed by atoms with Crippen LogP contribution in [0.15, 0.2) is 51.5 Å². The van der Waals surface area contributed by atoms with Crippen molar-refractivity contribution in [2.75, 3.05) is 24.5 Å². The molecule has 0 unspecified atom stereocenters. The summed E-state index contributed by atoms with van der Waals surface area (Å²) in [4.78, 5) is 17.0. The summed E-state index contributed by atoms with van der Waals surface area (Å²) in [5.74, 6) is 1.48. The maximum absolute atomic E-state index is 13.0. The Morgan fingerprint density at radius 1 is 1.21 bits per heavy atom. The maximum atomic E-state index is 13.0. The fourth-order valence-electron chi connectivity index (χ4n) is 3.61. The van der Waals surface area contributed by atoms with Gasteiger partial charge in [-0.3, -0.25) is 9.69 Å². The summed E-state index contributed by atoms with van der Waals surface area (Å²) in [5, 5.41) is 8.14. The second-order valence-corrected chi connectivity index (χ2v) is 6.97.